The van der Waals surface area contributed by atoms with Gasteiger partial charge >= 0.3 is 24.1 Å². The maximum absolute atomic E-state index is 13.2. The third-order valence-electron chi connectivity index (χ3n) is 12.0. The number of benzene rings is 1. The van der Waals surface area contributed by atoms with E-state index in [-0.39, 0.29) is 18.1 Å². The van der Waals surface area contributed by atoms with Gasteiger partial charge in [-0.3, -0.25) is 0 Å². The van der Waals surface area contributed by atoms with E-state index in [1.54, 1.807) is 14.2 Å². The summed E-state index contributed by atoms with van der Waals surface area (Å²) in [5.41, 5.74) is -3.90. The lowest BCUT2D eigenvalue weighted by molar-refractivity contribution is -0.457. The molecule has 1 N–H and O–H groups in total. The number of nitrogens with one attached hydrogen (secondary N) is 1. The van der Waals surface area contributed by atoms with Crippen LogP contribution in [-0.2, 0) is 30.1 Å². The summed E-state index contributed by atoms with van der Waals surface area (Å²) in [4.78, 5) is 0. The predicted molar refractivity (Wildman–Crippen MR) is 207 cm³/mol. The quantitative estimate of drug-likeness (QED) is 0.0557. The molecular weight excluding hydrogens is 826 g/mol. The van der Waals surface area contributed by atoms with Crippen LogP contribution in [0.25, 0.3) is 0 Å². The van der Waals surface area contributed by atoms with Crippen molar-refractivity contribution < 1.29 is 67.9 Å². The molecule has 0 aromatic heterocycles. The minimum Gasteiger partial charge on any atom is -0.492 e. The molecule has 5 atom stereocenters. The molecule has 0 aliphatic heterocycles. The zero-order chi connectivity index (χ0) is 42.5. The second kappa shape index (κ2) is 22.8. The van der Waals surface area contributed by atoms with E-state index in [2.05, 4.69) is 29.1 Å². The highest BCUT2D eigenvalue weighted by Crippen LogP contribution is 2.62. The highest BCUT2D eigenvalue weighted by atomic mass is 33.1. The third kappa shape index (κ3) is 12.7. The SMILES string of the molecule is COCC(CCCOCCSSCCCNCCOc1ccc2c(c1)CCC1C2CCC2(C)C(OCCCOC(C(F)(F)F)(C(F)(F)F)C(F)(F)F)CCC12)COC. The van der Waals surface area contributed by atoms with Crippen molar-refractivity contribution in [2.45, 2.75) is 107 Å². The topological polar surface area (TPSA) is 67.4 Å². The van der Waals surface area contributed by atoms with Crippen LogP contribution in [0.4, 0.5) is 39.5 Å². The number of alkyl halides is 9. The minimum absolute atomic E-state index is 0.255. The van der Waals surface area contributed by atoms with Crippen molar-refractivity contribution in [2.75, 3.05) is 85.1 Å². The third-order valence-corrected chi connectivity index (χ3v) is 14.4. The van der Waals surface area contributed by atoms with E-state index in [4.69, 9.17) is 23.7 Å². The first kappa shape index (κ1) is 49.5. The molecule has 4 rings (SSSR count). The molecule has 0 heterocycles. The maximum Gasteiger partial charge on any atom is 0.435 e. The monoisotopic (exact) mass is 885 g/mol. The van der Waals surface area contributed by atoms with Gasteiger partial charge in [-0.2, -0.15) is 39.5 Å². The predicted octanol–water partition coefficient (Wildman–Crippen LogP) is 10.2. The first-order chi connectivity index (χ1) is 27.5. The van der Waals surface area contributed by atoms with Gasteiger partial charge in [-0.05, 0) is 117 Å². The van der Waals surface area contributed by atoms with E-state index in [0.29, 0.717) is 49.9 Å². The molecule has 5 unspecified atom stereocenters. The number of aryl methyl sites for hydroxylation is 1. The molecule has 0 radical (unpaired) electrons. The zero-order valence-corrected chi connectivity index (χ0v) is 35.3. The minimum atomic E-state index is -6.74. The lowest BCUT2D eigenvalue weighted by Crippen LogP contribution is -2.67. The lowest BCUT2D eigenvalue weighted by Gasteiger charge is -2.50. The summed E-state index contributed by atoms with van der Waals surface area (Å²) >= 11 is 0. The average Bonchev–Trinajstić information content (AvgIpc) is 3.48. The number of ether oxygens (including phenoxy) is 6. The van der Waals surface area contributed by atoms with Gasteiger partial charge in [0.25, 0.3) is 0 Å². The Morgan fingerprint density at radius 1 is 0.776 bits per heavy atom. The molecule has 3 aliphatic carbocycles. The van der Waals surface area contributed by atoms with Gasteiger partial charge in [0.2, 0.25) is 0 Å². The van der Waals surface area contributed by atoms with Crippen molar-refractivity contribution in [1.29, 1.82) is 0 Å². The molecule has 3 aliphatic rings. The first-order valence-corrected chi connectivity index (χ1v) is 22.7. The van der Waals surface area contributed by atoms with Crippen LogP contribution in [0.15, 0.2) is 18.2 Å². The number of hydrogen-bond acceptors (Lipinski definition) is 9. The zero-order valence-electron chi connectivity index (χ0n) is 33.6. The van der Waals surface area contributed by atoms with Crippen LogP contribution in [0.1, 0.15) is 81.8 Å². The molecule has 2 saturated carbocycles. The van der Waals surface area contributed by atoms with Gasteiger partial charge in [0.05, 0.1) is 32.5 Å². The molecule has 0 saturated heterocycles. The molecule has 0 spiro atoms. The van der Waals surface area contributed by atoms with E-state index < -0.39 is 37.2 Å². The Labute approximate surface area is 344 Å². The van der Waals surface area contributed by atoms with Gasteiger partial charge in [-0.25, -0.2) is 0 Å². The molecule has 7 nitrogen and oxygen atoms in total. The Hall–Kier alpha value is -1.15. The first-order valence-electron chi connectivity index (χ1n) is 20.2. The summed E-state index contributed by atoms with van der Waals surface area (Å²) in [6, 6.07) is 6.34. The number of rotatable bonds is 26. The summed E-state index contributed by atoms with van der Waals surface area (Å²) in [6.45, 7) is 5.53. The van der Waals surface area contributed by atoms with E-state index in [0.717, 1.165) is 94.9 Å². The van der Waals surface area contributed by atoms with Gasteiger partial charge in [-0.1, -0.05) is 34.6 Å². The van der Waals surface area contributed by atoms with Gasteiger partial charge in [0.1, 0.15) is 12.4 Å². The van der Waals surface area contributed by atoms with Crippen LogP contribution in [0.3, 0.4) is 0 Å². The van der Waals surface area contributed by atoms with E-state index in [1.165, 1.54) is 11.1 Å². The van der Waals surface area contributed by atoms with Crippen LogP contribution in [0.5, 0.6) is 5.75 Å². The van der Waals surface area contributed by atoms with Crippen LogP contribution < -0.4 is 10.1 Å². The smallest absolute Gasteiger partial charge is 0.435 e. The average molecular weight is 886 g/mol. The summed E-state index contributed by atoms with van der Waals surface area (Å²) in [5.74, 6) is 4.34. The number of methoxy groups -OCH3 is 2. The normalized spacial score (nSPS) is 23.9. The number of hydrogen-bond donors (Lipinski definition) is 1. The molecule has 58 heavy (non-hydrogen) atoms. The molecule has 0 bridgehead atoms. The summed E-state index contributed by atoms with van der Waals surface area (Å²) in [7, 11) is 7.12. The Kier molecular flexibility index (Phi) is 19.5. The second-order valence-corrected chi connectivity index (χ2v) is 18.5. The second-order valence-electron chi connectivity index (χ2n) is 15.8. The Balaban J connectivity index is 1.10. The van der Waals surface area contributed by atoms with Gasteiger partial charge in [0, 0.05) is 51.4 Å². The number of halogens is 9. The van der Waals surface area contributed by atoms with E-state index in [1.807, 2.05) is 27.7 Å². The van der Waals surface area contributed by atoms with Gasteiger partial charge < -0.3 is 33.7 Å². The molecule has 336 valence electrons. The van der Waals surface area contributed by atoms with E-state index in [9.17, 15) is 39.5 Å². The fraction of sp³-hybridized carbons (Fsp3) is 0.850. The fourth-order valence-electron chi connectivity index (χ4n) is 9.21. The Morgan fingerprint density at radius 2 is 1.48 bits per heavy atom. The van der Waals surface area contributed by atoms with Crippen LogP contribution >= 0.6 is 21.6 Å². The largest absolute Gasteiger partial charge is 0.492 e. The maximum atomic E-state index is 13.2. The van der Waals surface area contributed by atoms with Crippen LogP contribution in [0, 0.1) is 23.2 Å². The van der Waals surface area contributed by atoms with Gasteiger partial charge in [-0.15, -0.1) is 0 Å². The van der Waals surface area contributed by atoms with Crippen molar-refractivity contribution in [1.82, 2.24) is 5.32 Å². The molecule has 0 amide bonds. The summed E-state index contributed by atoms with van der Waals surface area (Å²) in [6.07, 6.45) is -12.9. The Morgan fingerprint density at radius 3 is 2.17 bits per heavy atom. The Bertz CT molecular complexity index is 1320. The van der Waals surface area contributed by atoms with Crippen LogP contribution in [-0.4, -0.2) is 115 Å². The molecule has 2 fully saturated rings. The van der Waals surface area contributed by atoms with Crippen molar-refractivity contribution in [3.63, 3.8) is 0 Å². The van der Waals surface area contributed by atoms with Crippen molar-refractivity contribution in [3.8, 4) is 5.75 Å². The molecular formula is C40H60F9NO6S2. The lowest BCUT2D eigenvalue weighted by atomic mass is 9.55. The van der Waals surface area contributed by atoms with Crippen molar-refractivity contribution in [2.24, 2.45) is 23.2 Å². The highest BCUT2D eigenvalue weighted by Gasteiger charge is 2.85. The standard InChI is InChI=1S/C40H60F9NO6S2/c1-36-15-14-32-31-11-9-30(54-21-17-50-16-5-23-57-58-24-22-53-18-4-7-28(26-51-2)27-52-3)25-29(31)8-10-33(32)34(36)12-13-35(36)55-19-6-20-56-37(38(41,42)43,39(44,45)46)40(47,48)49/h9,11,25,28,32-35,50H,4-8,10,12-24,26-27H2,1-3H3. The molecule has 1 aromatic rings. The van der Waals surface area contributed by atoms with Crippen molar-refractivity contribution in [3.05, 3.63) is 29.3 Å². The molecule has 18 heteroatoms. The number of fused-ring (bicyclic) bond motifs is 5. The van der Waals surface area contributed by atoms with Crippen LogP contribution in [0.2, 0.25) is 0 Å². The molecule has 1 aromatic carbocycles. The highest BCUT2D eigenvalue weighted by molar-refractivity contribution is 8.76. The summed E-state index contributed by atoms with van der Waals surface area (Å²) in [5, 5.41) is 3.45. The van der Waals surface area contributed by atoms with E-state index >= 15 is 0 Å². The van der Waals surface area contributed by atoms with Crippen molar-refractivity contribution >= 4 is 21.6 Å². The fourth-order valence-corrected chi connectivity index (χ4v) is 11.2. The van der Waals surface area contributed by atoms with Gasteiger partial charge in [0.15, 0.2) is 0 Å². The summed E-state index contributed by atoms with van der Waals surface area (Å²) < 4.78 is 151.